The number of hydrogen-bond donors (Lipinski definition) is 4. The van der Waals surface area contributed by atoms with Crippen LogP contribution in [0.3, 0.4) is 0 Å². The Kier molecular flexibility index (Phi) is 31.3. The molecule has 25 heavy (non-hydrogen) atoms. The van der Waals surface area contributed by atoms with Gasteiger partial charge in [0.25, 0.3) is 0 Å². The van der Waals surface area contributed by atoms with Gasteiger partial charge in [0.05, 0.1) is 6.42 Å². The Morgan fingerprint density at radius 3 is 1.56 bits per heavy atom. The standard InChI is InChI=1S/C6H8O7.C5H11NS2.Na.3H2O/c7-3(8)1-6(13,5(11)12)2-4(9)10;1-3-6(4-2)5(7)8;;;;/h13H,1-2H2,(H,7,8)(H,9,10)(H,11,12);3-4H2,1-2H3,(H,7,8);;3*1H2/q;;+1;;;/p-1. The van der Waals surface area contributed by atoms with Crippen molar-refractivity contribution < 1.29 is 80.8 Å². The molecule has 0 saturated heterocycles. The Bertz CT molecular complexity index is 390. The van der Waals surface area contributed by atoms with Crippen molar-refractivity contribution in [1.82, 2.24) is 4.90 Å². The van der Waals surface area contributed by atoms with Crippen LogP contribution in [0.15, 0.2) is 0 Å². The van der Waals surface area contributed by atoms with Crippen LogP contribution in [0.25, 0.3) is 0 Å². The minimum atomic E-state index is -2.80. The van der Waals surface area contributed by atoms with Crippen molar-refractivity contribution in [3.63, 3.8) is 0 Å². The van der Waals surface area contributed by atoms with E-state index in [2.05, 4.69) is 26.5 Å². The number of rotatable bonds is 7. The van der Waals surface area contributed by atoms with Gasteiger partial charge in [0.1, 0.15) is 4.32 Å². The van der Waals surface area contributed by atoms with Crippen molar-refractivity contribution in [2.75, 3.05) is 13.1 Å². The van der Waals surface area contributed by atoms with E-state index >= 15 is 0 Å². The fourth-order valence-electron chi connectivity index (χ4n) is 1.20. The van der Waals surface area contributed by atoms with Crippen LogP contribution in [0.4, 0.5) is 0 Å². The minimum absolute atomic E-state index is 0. The van der Waals surface area contributed by atoms with E-state index in [0.717, 1.165) is 13.1 Å². The molecule has 0 radical (unpaired) electrons. The van der Waals surface area contributed by atoms with E-state index in [-0.39, 0.29) is 46.0 Å². The summed E-state index contributed by atoms with van der Waals surface area (Å²) in [6.45, 7) is 6.04. The number of nitrogens with zero attached hydrogens (tertiary/aromatic N) is 1. The molecule has 1 unspecified atom stereocenters. The third kappa shape index (κ3) is 19.7. The Morgan fingerprint density at radius 1 is 1.08 bits per heavy atom. The summed E-state index contributed by atoms with van der Waals surface area (Å²) in [6, 6.07) is 0. The molecule has 0 rings (SSSR count). The molecule has 1 atom stereocenters. The number of carboxylic acid groups (broad SMARTS) is 3. The van der Waals surface area contributed by atoms with Crippen LogP contribution in [-0.2, 0) is 14.4 Å². The molecule has 0 spiro atoms. The third-order valence-electron chi connectivity index (χ3n) is 2.31. The molecule has 0 saturated carbocycles. The fourth-order valence-corrected chi connectivity index (χ4v) is 1.74. The van der Waals surface area contributed by atoms with E-state index in [1.165, 1.54) is 0 Å². The molecular weight excluding hydrogens is 393 g/mol. The van der Waals surface area contributed by atoms with E-state index in [9.17, 15) is 19.5 Å². The van der Waals surface area contributed by atoms with Gasteiger partial charge in [0.2, 0.25) is 0 Å². The second kappa shape index (κ2) is 19.8. The topological polar surface area (TPSA) is 233 Å². The van der Waals surface area contributed by atoms with Gasteiger partial charge in [-0.2, -0.15) is 0 Å². The Labute approximate surface area is 177 Å². The number of carboxylic acids is 3. The van der Waals surface area contributed by atoms with Crippen molar-refractivity contribution >= 4 is 47.1 Å². The second-order valence-electron chi connectivity index (χ2n) is 3.91. The van der Waals surface area contributed by atoms with Gasteiger partial charge in [-0.15, -0.1) is 12.6 Å². The Balaban J connectivity index is -0.0000000671. The van der Waals surface area contributed by atoms with Gasteiger partial charge in [0.15, 0.2) is 5.60 Å². The van der Waals surface area contributed by atoms with Crippen molar-refractivity contribution in [1.29, 1.82) is 0 Å². The average Bonchev–Trinajstić information content (AvgIpc) is 2.28. The molecule has 0 aliphatic rings. The predicted octanol–water partition coefficient (Wildman–Crippen LogP) is -6.51. The largest absolute Gasteiger partial charge is 1.00 e. The number of aliphatic carboxylic acids is 3. The summed E-state index contributed by atoms with van der Waals surface area (Å²) in [7, 11) is 0. The van der Waals surface area contributed by atoms with Gasteiger partial charge >= 0.3 is 41.5 Å². The first-order chi connectivity index (χ1) is 9.50. The maximum absolute atomic E-state index is 10.3. The molecule has 0 amide bonds. The second-order valence-corrected chi connectivity index (χ2v) is 5.02. The molecule has 14 heteroatoms. The number of thiol groups is 1. The minimum Gasteiger partial charge on any atom is -0.550 e. The van der Waals surface area contributed by atoms with E-state index in [1.807, 2.05) is 4.90 Å². The normalized spacial score (nSPS) is 10.4. The van der Waals surface area contributed by atoms with Gasteiger partial charge in [0, 0.05) is 25.5 Å². The number of carbonyl (C=O) groups is 3. The van der Waals surface area contributed by atoms with Crippen LogP contribution >= 0.6 is 24.8 Å². The zero-order valence-electron chi connectivity index (χ0n) is 14.1. The van der Waals surface area contributed by atoms with E-state index < -0.39 is 36.4 Å². The van der Waals surface area contributed by atoms with Crippen LogP contribution in [-0.4, -0.2) is 77.6 Å². The van der Waals surface area contributed by atoms with Crippen LogP contribution in [0.1, 0.15) is 26.7 Å². The number of carbonyl (C=O) groups excluding carboxylic acids is 1. The molecule has 146 valence electrons. The fraction of sp³-hybridized carbons (Fsp3) is 0.636. The van der Waals surface area contributed by atoms with Crippen molar-refractivity contribution in [2.24, 2.45) is 0 Å². The molecule has 0 aliphatic heterocycles. The van der Waals surface area contributed by atoms with Crippen LogP contribution < -0.4 is 34.7 Å². The molecule has 11 nitrogen and oxygen atoms in total. The predicted molar refractivity (Wildman–Crippen MR) is 89.8 cm³/mol. The summed E-state index contributed by atoms with van der Waals surface area (Å²) in [4.78, 5) is 32.3. The van der Waals surface area contributed by atoms with Gasteiger partial charge < -0.3 is 46.5 Å². The molecule has 0 heterocycles. The molecule has 0 aromatic heterocycles. The van der Waals surface area contributed by atoms with Crippen LogP contribution in [0.2, 0.25) is 0 Å². The maximum atomic E-state index is 10.3. The first-order valence-corrected chi connectivity index (χ1v) is 6.70. The van der Waals surface area contributed by atoms with Crippen LogP contribution in [0, 0.1) is 0 Å². The van der Waals surface area contributed by atoms with Crippen molar-refractivity contribution in [2.45, 2.75) is 32.3 Å². The van der Waals surface area contributed by atoms with Crippen molar-refractivity contribution in [3.05, 3.63) is 0 Å². The van der Waals surface area contributed by atoms with Crippen molar-refractivity contribution in [3.8, 4) is 0 Å². The summed E-state index contributed by atoms with van der Waals surface area (Å²) in [5.41, 5.74) is -2.80. The molecule has 9 N–H and O–H groups in total. The number of aliphatic hydroxyl groups is 1. The third-order valence-corrected chi connectivity index (χ3v) is 2.85. The molecule has 0 aromatic carbocycles. The molecule has 0 aliphatic carbocycles. The SMILES string of the molecule is CCN(CC)C(=S)S.O.O.O.O=C([O-])CC(O)(CC(=O)O)C(=O)O.[Na+]. The number of hydrogen-bond acceptors (Lipinski definition) is 6. The summed E-state index contributed by atoms with van der Waals surface area (Å²) in [5.74, 6) is -5.34. The molecular formula is C11H24NNaO10S2. The molecule has 0 fully saturated rings. The van der Waals surface area contributed by atoms with Gasteiger partial charge in [-0.3, -0.25) is 4.79 Å². The van der Waals surface area contributed by atoms with E-state index in [1.54, 1.807) is 0 Å². The monoisotopic (exact) mass is 417 g/mol. The van der Waals surface area contributed by atoms with Gasteiger partial charge in [-0.05, 0) is 13.8 Å². The zero-order valence-corrected chi connectivity index (χ0v) is 17.8. The maximum Gasteiger partial charge on any atom is 1.00 e. The molecule has 0 aromatic rings. The van der Waals surface area contributed by atoms with Gasteiger partial charge in [-0.1, -0.05) is 12.2 Å². The summed E-state index contributed by atoms with van der Waals surface area (Å²) < 4.78 is 0.690. The van der Waals surface area contributed by atoms with Crippen LogP contribution in [0.5, 0.6) is 0 Å². The first-order valence-electron chi connectivity index (χ1n) is 5.85. The first kappa shape index (κ1) is 39.5. The molecule has 0 bridgehead atoms. The zero-order chi connectivity index (χ0) is 17.2. The van der Waals surface area contributed by atoms with E-state index in [0.29, 0.717) is 4.32 Å². The summed E-state index contributed by atoms with van der Waals surface area (Å²) in [6.07, 6.45) is -2.44. The van der Waals surface area contributed by atoms with Gasteiger partial charge in [-0.25, -0.2) is 4.79 Å². The smallest absolute Gasteiger partial charge is 0.550 e. The Morgan fingerprint density at radius 2 is 1.44 bits per heavy atom. The number of thiocarbonyl (C=S) groups is 1. The quantitative estimate of drug-likeness (QED) is 0.175. The summed E-state index contributed by atoms with van der Waals surface area (Å²) >= 11 is 8.82. The Hall–Kier alpha value is -0.510. The summed E-state index contributed by atoms with van der Waals surface area (Å²) in [5, 5.41) is 35.5. The average molecular weight is 417 g/mol. The van der Waals surface area contributed by atoms with E-state index in [4.69, 9.17) is 27.5 Å².